The van der Waals surface area contributed by atoms with Gasteiger partial charge in [0.2, 0.25) is 0 Å². The number of fused-ring (bicyclic) bond motifs is 1. The molecule has 128 valence electrons. The minimum absolute atomic E-state index is 0.160. The summed E-state index contributed by atoms with van der Waals surface area (Å²) in [5.74, 6) is 1.44. The molecule has 3 rings (SSSR count). The van der Waals surface area contributed by atoms with Crippen LogP contribution in [-0.2, 0) is 13.0 Å². The minimum atomic E-state index is -0.193. The molecule has 2 aromatic rings. The highest BCUT2D eigenvalue weighted by Gasteiger charge is 2.22. The van der Waals surface area contributed by atoms with Gasteiger partial charge in [-0.1, -0.05) is 0 Å². The Hall–Kier alpha value is -3.00. The average Bonchev–Trinajstić information content (AvgIpc) is 2.98. The van der Waals surface area contributed by atoms with Gasteiger partial charge < -0.3 is 14.8 Å². The van der Waals surface area contributed by atoms with E-state index < -0.39 is 0 Å². The van der Waals surface area contributed by atoms with Crippen LogP contribution in [0.4, 0.5) is 0 Å². The van der Waals surface area contributed by atoms with E-state index in [0.717, 1.165) is 29.0 Å². The molecule has 0 saturated heterocycles. The van der Waals surface area contributed by atoms with Crippen LogP contribution in [0, 0.1) is 11.3 Å². The van der Waals surface area contributed by atoms with Gasteiger partial charge >= 0.3 is 0 Å². The summed E-state index contributed by atoms with van der Waals surface area (Å²) >= 11 is 0. The molecule has 25 heavy (non-hydrogen) atoms. The topological polar surface area (TPSA) is 71.3 Å². The van der Waals surface area contributed by atoms with Gasteiger partial charge in [0.05, 0.1) is 18.2 Å². The Kier molecular flexibility index (Phi) is 4.90. The number of nitriles is 1. The highest BCUT2D eigenvalue weighted by Crippen LogP contribution is 2.35. The van der Waals surface area contributed by atoms with E-state index in [0.29, 0.717) is 24.3 Å². The number of carbonyl (C=O) groups is 1. The summed E-state index contributed by atoms with van der Waals surface area (Å²) in [6, 6.07) is 12.5. The van der Waals surface area contributed by atoms with Crippen molar-refractivity contribution in [1.82, 2.24) is 5.32 Å². The molecule has 0 bridgehead atoms. The van der Waals surface area contributed by atoms with E-state index in [4.69, 9.17) is 14.7 Å². The lowest BCUT2D eigenvalue weighted by Gasteiger charge is -2.13. The summed E-state index contributed by atoms with van der Waals surface area (Å²) in [4.78, 5) is 12.3. The molecule has 1 N–H and O–H groups in total. The predicted octanol–water partition coefficient (Wildman–Crippen LogP) is 3.21. The molecular formula is C20H20N2O3. The first-order chi connectivity index (χ1) is 12.1. The Morgan fingerprint density at radius 3 is 2.80 bits per heavy atom. The Morgan fingerprint density at radius 2 is 2.12 bits per heavy atom. The van der Waals surface area contributed by atoms with Crippen LogP contribution in [0.25, 0.3) is 0 Å². The van der Waals surface area contributed by atoms with Crippen LogP contribution in [0.2, 0.25) is 0 Å². The normalized spacial score (nSPS) is 15.0. The molecule has 0 fully saturated rings. The minimum Gasteiger partial charge on any atom is -0.494 e. The van der Waals surface area contributed by atoms with Crippen molar-refractivity contribution in [2.75, 3.05) is 6.61 Å². The third-order valence-corrected chi connectivity index (χ3v) is 4.09. The molecule has 0 radical (unpaired) electrons. The van der Waals surface area contributed by atoms with Crippen LogP contribution in [0.1, 0.15) is 40.9 Å². The first-order valence-corrected chi connectivity index (χ1v) is 8.34. The first kappa shape index (κ1) is 16.8. The molecule has 2 aromatic carbocycles. The summed E-state index contributed by atoms with van der Waals surface area (Å²) in [6.45, 7) is 4.88. The summed E-state index contributed by atoms with van der Waals surface area (Å²) in [6.07, 6.45) is 1.03. The van der Waals surface area contributed by atoms with Gasteiger partial charge in [-0.3, -0.25) is 4.79 Å². The zero-order valence-corrected chi connectivity index (χ0v) is 14.3. The Morgan fingerprint density at radius 1 is 1.36 bits per heavy atom. The van der Waals surface area contributed by atoms with Gasteiger partial charge in [-0.2, -0.15) is 5.26 Å². The molecule has 0 aliphatic carbocycles. The molecule has 0 aromatic heterocycles. The van der Waals surface area contributed by atoms with Gasteiger partial charge in [0, 0.05) is 29.7 Å². The molecule has 1 atom stereocenters. The lowest BCUT2D eigenvalue weighted by molar-refractivity contribution is 0.0950. The number of hydrogen-bond acceptors (Lipinski definition) is 4. The fourth-order valence-corrected chi connectivity index (χ4v) is 2.88. The van der Waals surface area contributed by atoms with Crippen molar-refractivity contribution in [3.05, 3.63) is 58.7 Å². The van der Waals surface area contributed by atoms with Crippen LogP contribution in [-0.4, -0.2) is 18.6 Å². The van der Waals surface area contributed by atoms with Crippen LogP contribution in [0.3, 0.4) is 0 Å². The Balaban J connectivity index is 1.74. The second kappa shape index (κ2) is 7.27. The maximum Gasteiger partial charge on any atom is 0.251 e. The maximum absolute atomic E-state index is 12.3. The zero-order valence-electron chi connectivity index (χ0n) is 14.3. The lowest BCUT2D eigenvalue weighted by Crippen LogP contribution is -2.23. The van der Waals surface area contributed by atoms with Gasteiger partial charge in [0.15, 0.2) is 0 Å². The van der Waals surface area contributed by atoms with E-state index in [9.17, 15) is 4.79 Å². The SMILES string of the molecule is CCOc1cc2c(cc1CNC(=O)c1ccc(C#N)cc1)OC(C)C2. The van der Waals surface area contributed by atoms with Gasteiger partial charge in [-0.15, -0.1) is 0 Å². The smallest absolute Gasteiger partial charge is 0.251 e. The van der Waals surface area contributed by atoms with Crippen molar-refractivity contribution in [2.24, 2.45) is 0 Å². The highest BCUT2D eigenvalue weighted by atomic mass is 16.5. The van der Waals surface area contributed by atoms with E-state index in [1.165, 1.54) is 0 Å². The summed E-state index contributed by atoms with van der Waals surface area (Å²) in [5, 5.41) is 11.7. The molecule has 0 spiro atoms. The van der Waals surface area contributed by atoms with Crippen LogP contribution < -0.4 is 14.8 Å². The molecule has 1 aliphatic rings. The number of benzene rings is 2. The number of nitrogens with zero attached hydrogens (tertiary/aromatic N) is 1. The van der Waals surface area contributed by atoms with Crippen LogP contribution in [0.5, 0.6) is 11.5 Å². The standard InChI is InChI=1S/C20H20N2O3/c1-3-24-18-9-16-8-13(2)25-19(16)10-17(18)12-22-20(23)15-6-4-14(11-21)5-7-15/h4-7,9-10,13H,3,8,12H2,1-2H3,(H,22,23). The molecular weight excluding hydrogens is 316 g/mol. The predicted molar refractivity (Wildman–Crippen MR) is 93.7 cm³/mol. The monoisotopic (exact) mass is 336 g/mol. The van der Waals surface area contributed by atoms with Crippen molar-refractivity contribution in [1.29, 1.82) is 5.26 Å². The zero-order chi connectivity index (χ0) is 17.8. The van der Waals surface area contributed by atoms with E-state index in [1.54, 1.807) is 24.3 Å². The van der Waals surface area contributed by atoms with Gasteiger partial charge in [0.25, 0.3) is 5.91 Å². The van der Waals surface area contributed by atoms with Crippen molar-refractivity contribution in [2.45, 2.75) is 32.9 Å². The number of nitrogens with one attached hydrogen (secondary N) is 1. The average molecular weight is 336 g/mol. The number of amides is 1. The van der Waals surface area contributed by atoms with E-state index in [2.05, 4.69) is 5.32 Å². The van der Waals surface area contributed by atoms with E-state index in [1.807, 2.05) is 32.0 Å². The van der Waals surface area contributed by atoms with Crippen molar-refractivity contribution >= 4 is 5.91 Å². The molecule has 1 amide bonds. The second-order valence-corrected chi connectivity index (χ2v) is 6.01. The maximum atomic E-state index is 12.3. The van der Waals surface area contributed by atoms with Gasteiger partial charge in [0.1, 0.15) is 17.6 Å². The Labute approximate surface area is 147 Å². The molecule has 1 heterocycles. The number of rotatable bonds is 5. The van der Waals surface area contributed by atoms with Crippen molar-refractivity contribution in [3.63, 3.8) is 0 Å². The number of hydrogen-bond donors (Lipinski definition) is 1. The van der Waals surface area contributed by atoms with Gasteiger partial charge in [-0.05, 0) is 50.2 Å². The van der Waals surface area contributed by atoms with Crippen LogP contribution in [0.15, 0.2) is 36.4 Å². The van der Waals surface area contributed by atoms with E-state index >= 15 is 0 Å². The molecule has 5 heteroatoms. The van der Waals surface area contributed by atoms with Crippen molar-refractivity contribution in [3.8, 4) is 17.6 Å². The first-order valence-electron chi connectivity index (χ1n) is 8.34. The fraction of sp³-hybridized carbons (Fsp3) is 0.300. The molecule has 1 unspecified atom stereocenters. The van der Waals surface area contributed by atoms with Gasteiger partial charge in [-0.25, -0.2) is 0 Å². The molecule has 1 aliphatic heterocycles. The molecule has 0 saturated carbocycles. The summed E-state index contributed by atoms with van der Waals surface area (Å²) in [7, 11) is 0. The second-order valence-electron chi connectivity index (χ2n) is 6.01. The van der Waals surface area contributed by atoms with E-state index in [-0.39, 0.29) is 12.0 Å². The summed E-state index contributed by atoms with van der Waals surface area (Å²) < 4.78 is 11.5. The fourth-order valence-electron chi connectivity index (χ4n) is 2.88. The summed E-state index contributed by atoms with van der Waals surface area (Å²) in [5.41, 5.74) is 3.07. The van der Waals surface area contributed by atoms with Crippen LogP contribution >= 0.6 is 0 Å². The Bertz CT molecular complexity index is 822. The van der Waals surface area contributed by atoms with Crippen molar-refractivity contribution < 1.29 is 14.3 Å². The largest absolute Gasteiger partial charge is 0.494 e. The molecule has 5 nitrogen and oxygen atoms in total. The number of carbonyl (C=O) groups excluding carboxylic acids is 1. The number of ether oxygens (including phenoxy) is 2. The third-order valence-electron chi connectivity index (χ3n) is 4.09. The quantitative estimate of drug-likeness (QED) is 0.910. The third kappa shape index (κ3) is 3.74. The highest BCUT2D eigenvalue weighted by molar-refractivity contribution is 5.94. The lowest BCUT2D eigenvalue weighted by atomic mass is 10.1.